The van der Waals surface area contributed by atoms with Gasteiger partial charge in [-0.2, -0.15) is 0 Å². The Hall–Kier alpha value is -0.630. The Labute approximate surface area is 110 Å². The van der Waals surface area contributed by atoms with Gasteiger partial charge in [0, 0.05) is 0 Å². The van der Waals surface area contributed by atoms with Crippen molar-refractivity contribution in [3.63, 3.8) is 0 Å². The molecule has 1 rings (SSSR count). The molecule has 1 aromatic carbocycles. The number of aryl methyl sites for hydroxylation is 1. The zero-order valence-electron chi connectivity index (χ0n) is 11.7. The molecular formula is C14H23O3P. The smallest absolute Gasteiger partial charge is 0.309 e. The molecule has 0 N–H and O–H groups in total. The summed E-state index contributed by atoms with van der Waals surface area (Å²) in [6, 6.07) is 8.23. The molecule has 0 aliphatic heterocycles. The van der Waals surface area contributed by atoms with Crippen molar-refractivity contribution in [2.45, 2.75) is 39.8 Å². The predicted molar refractivity (Wildman–Crippen MR) is 75.2 cm³/mol. The van der Waals surface area contributed by atoms with Crippen LogP contribution in [-0.4, -0.2) is 18.9 Å². The van der Waals surface area contributed by atoms with E-state index in [1.54, 1.807) is 0 Å². The minimum atomic E-state index is -2.99. The van der Waals surface area contributed by atoms with Gasteiger partial charge in [0.1, 0.15) is 0 Å². The van der Waals surface area contributed by atoms with Crippen molar-refractivity contribution in [3.8, 4) is 0 Å². The summed E-state index contributed by atoms with van der Waals surface area (Å²) in [7, 11) is -2.99. The quantitative estimate of drug-likeness (QED) is 0.697. The fourth-order valence-electron chi connectivity index (χ4n) is 1.94. The molecular weight excluding hydrogens is 247 g/mol. The molecule has 0 radical (unpaired) electrons. The van der Waals surface area contributed by atoms with E-state index < -0.39 is 7.60 Å². The van der Waals surface area contributed by atoms with Crippen LogP contribution in [0.15, 0.2) is 24.3 Å². The highest BCUT2D eigenvalue weighted by molar-refractivity contribution is 7.54. The molecule has 18 heavy (non-hydrogen) atoms. The van der Waals surface area contributed by atoms with Crippen molar-refractivity contribution in [1.82, 2.24) is 0 Å². The highest BCUT2D eigenvalue weighted by Gasteiger charge is 2.31. The lowest BCUT2D eigenvalue weighted by Crippen LogP contribution is -2.12. The maximum absolute atomic E-state index is 12.6. The highest BCUT2D eigenvalue weighted by Crippen LogP contribution is 2.53. The van der Waals surface area contributed by atoms with Crippen LogP contribution in [0.5, 0.6) is 0 Å². The number of rotatable bonds is 7. The van der Waals surface area contributed by atoms with E-state index in [2.05, 4.69) is 19.1 Å². The Morgan fingerprint density at radius 2 is 1.83 bits per heavy atom. The largest absolute Gasteiger partial charge is 0.333 e. The van der Waals surface area contributed by atoms with Crippen molar-refractivity contribution in [2.24, 2.45) is 0 Å². The molecule has 0 fully saturated rings. The predicted octanol–water partition coefficient (Wildman–Crippen LogP) is 4.19. The minimum absolute atomic E-state index is 0.126. The van der Waals surface area contributed by atoms with Crippen LogP contribution in [-0.2, 0) is 20.0 Å². The molecule has 0 heterocycles. The first kappa shape index (κ1) is 15.4. The van der Waals surface area contributed by atoms with Gasteiger partial charge in [0.15, 0.2) is 0 Å². The Bertz CT molecular complexity index is 407. The van der Waals surface area contributed by atoms with Crippen molar-refractivity contribution in [1.29, 1.82) is 0 Å². The summed E-state index contributed by atoms with van der Waals surface area (Å²) < 4.78 is 23.3. The Kier molecular flexibility index (Phi) is 6.07. The lowest BCUT2D eigenvalue weighted by atomic mass is 10.1. The molecule has 0 aliphatic rings. The molecule has 1 aromatic rings. The van der Waals surface area contributed by atoms with Gasteiger partial charge in [0.25, 0.3) is 0 Å². The van der Waals surface area contributed by atoms with Crippen molar-refractivity contribution in [2.75, 3.05) is 13.2 Å². The van der Waals surface area contributed by atoms with E-state index in [-0.39, 0.29) is 5.66 Å². The van der Waals surface area contributed by atoms with Crippen LogP contribution in [0.2, 0.25) is 0 Å². The van der Waals surface area contributed by atoms with E-state index in [1.165, 1.54) is 11.1 Å². The average molecular weight is 270 g/mol. The molecule has 0 spiro atoms. The van der Waals surface area contributed by atoms with Crippen LogP contribution in [0.1, 0.15) is 31.9 Å². The van der Waals surface area contributed by atoms with Gasteiger partial charge in [-0.3, -0.25) is 4.57 Å². The second kappa shape index (κ2) is 7.08. The lowest BCUT2D eigenvalue weighted by Gasteiger charge is -2.23. The standard InChI is InChI=1S/C14H23O3P/c1-5-16-18(15,17-6-2)13(4)11-14-9-7-8-12(3)10-14/h7-10,13H,5-6,11H2,1-4H3. The summed E-state index contributed by atoms with van der Waals surface area (Å²) in [5.74, 6) is 0. The summed E-state index contributed by atoms with van der Waals surface area (Å²) in [5, 5.41) is 0. The first-order valence-electron chi connectivity index (χ1n) is 6.46. The lowest BCUT2D eigenvalue weighted by molar-refractivity contribution is 0.213. The van der Waals surface area contributed by atoms with Gasteiger partial charge in [-0.1, -0.05) is 36.8 Å². The SMILES string of the molecule is CCOP(=O)(OCC)C(C)Cc1cccc(C)c1. The Morgan fingerprint density at radius 1 is 1.22 bits per heavy atom. The fraction of sp³-hybridized carbons (Fsp3) is 0.571. The fourth-order valence-corrected chi connectivity index (χ4v) is 3.68. The molecule has 3 nitrogen and oxygen atoms in total. The highest BCUT2D eigenvalue weighted by atomic mass is 31.2. The van der Waals surface area contributed by atoms with Gasteiger partial charge >= 0.3 is 7.60 Å². The Balaban J connectivity index is 2.78. The van der Waals surface area contributed by atoms with Crippen LogP contribution in [0.3, 0.4) is 0 Å². The first-order valence-corrected chi connectivity index (χ1v) is 8.07. The summed E-state index contributed by atoms with van der Waals surface area (Å²) in [6.07, 6.45) is 0.707. The monoisotopic (exact) mass is 270 g/mol. The molecule has 0 aromatic heterocycles. The summed E-state index contributed by atoms with van der Waals surface area (Å²) >= 11 is 0. The zero-order chi connectivity index (χ0) is 13.6. The molecule has 1 atom stereocenters. The second-order valence-corrected chi connectivity index (χ2v) is 6.90. The van der Waals surface area contributed by atoms with E-state index in [9.17, 15) is 4.57 Å². The van der Waals surface area contributed by atoms with Gasteiger partial charge in [-0.25, -0.2) is 0 Å². The molecule has 0 amide bonds. The van der Waals surface area contributed by atoms with Crippen molar-refractivity contribution < 1.29 is 13.6 Å². The summed E-state index contributed by atoms with van der Waals surface area (Å²) in [6.45, 7) is 8.48. The van der Waals surface area contributed by atoms with Gasteiger partial charge in [0.05, 0.1) is 18.9 Å². The molecule has 0 bridgehead atoms. The average Bonchev–Trinajstić information content (AvgIpc) is 2.29. The number of hydrogen-bond acceptors (Lipinski definition) is 3. The van der Waals surface area contributed by atoms with Crippen LogP contribution < -0.4 is 0 Å². The van der Waals surface area contributed by atoms with Crippen LogP contribution >= 0.6 is 7.60 Å². The maximum Gasteiger partial charge on any atom is 0.333 e. The normalized spacial score (nSPS) is 13.6. The summed E-state index contributed by atoms with van der Waals surface area (Å²) in [5.41, 5.74) is 2.25. The third-order valence-electron chi connectivity index (χ3n) is 2.77. The van der Waals surface area contributed by atoms with E-state index in [0.717, 1.165) is 0 Å². The summed E-state index contributed by atoms with van der Waals surface area (Å²) in [4.78, 5) is 0. The van der Waals surface area contributed by atoms with Gasteiger partial charge in [-0.15, -0.1) is 0 Å². The molecule has 0 saturated heterocycles. The Morgan fingerprint density at radius 3 is 2.33 bits per heavy atom. The van der Waals surface area contributed by atoms with Gasteiger partial charge < -0.3 is 9.05 Å². The number of benzene rings is 1. The van der Waals surface area contributed by atoms with E-state index in [0.29, 0.717) is 19.6 Å². The zero-order valence-corrected chi connectivity index (χ0v) is 12.6. The topological polar surface area (TPSA) is 35.5 Å². The van der Waals surface area contributed by atoms with E-state index in [1.807, 2.05) is 32.9 Å². The van der Waals surface area contributed by atoms with Crippen LogP contribution in [0.25, 0.3) is 0 Å². The van der Waals surface area contributed by atoms with Crippen molar-refractivity contribution >= 4 is 7.60 Å². The van der Waals surface area contributed by atoms with E-state index in [4.69, 9.17) is 9.05 Å². The third-order valence-corrected chi connectivity index (χ3v) is 5.27. The van der Waals surface area contributed by atoms with Crippen LogP contribution in [0.4, 0.5) is 0 Å². The van der Waals surface area contributed by atoms with Crippen LogP contribution in [0, 0.1) is 6.92 Å². The minimum Gasteiger partial charge on any atom is -0.309 e. The van der Waals surface area contributed by atoms with Gasteiger partial charge in [0.2, 0.25) is 0 Å². The number of hydrogen-bond donors (Lipinski definition) is 0. The maximum atomic E-state index is 12.6. The molecule has 0 saturated carbocycles. The molecule has 4 heteroatoms. The van der Waals surface area contributed by atoms with E-state index >= 15 is 0 Å². The second-order valence-electron chi connectivity index (χ2n) is 4.42. The molecule has 1 unspecified atom stereocenters. The molecule has 0 aliphatic carbocycles. The van der Waals surface area contributed by atoms with Crippen molar-refractivity contribution in [3.05, 3.63) is 35.4 Å². The van der Waals surface area contributed by atoms with Gasteiger partial charge in [-0.05, 0) is 32.8 Å². The molecule has 102 valence electrons. The first-order chi connectivity index (χ1) is 8.51. The third kappa shape index (κ3) is 4.24.